The summed E-state index contributed by atoms with van der Waals surface area (Å²) in [5.41, 5.74) is -0.425. The molecule has 1 aliphatic heterocycles. The summed E-state index contributed by atoms with van der Waals surface area (Å²) in [4.78, 5) is 14.0. The minimum absolute atomic E-state index is 0.187. The number of hydrogen-bond acceptors (Lipinski definition) is 3. The molecule has 1 N–H and O–H groups in total. The Labute approximate surface area is 129 Å². The first-order valence-corrected chi connectivity index (χ1v) is 8.09. The van der Waals surface area contributed by atoms with Crippen molar-refractivity contribution in [1.29, 1.82) is 0 Å². The summed E-state index contributed by atoms with van der Waals surface area (Å²) in [6.45, 7) is 14.6. The van der Waals surface area contributed by atoms with Crippen molar-refractivity contribution in [3.8, 4) is 0 Å². The van der Waals surface area contributed by atoms with E-state index in [-0.39, 0.29) is 12.1 Å². The Morgan fingerprint density at radius 1 is 1.52 bits per heavy atom. The van der Waals surface area contributed by atoms with E-state index in [2.05, 4.69) is 25.7 Å². The summed E-state index contributed by atoms with van der Waals surface area (Å²) in [5, 5.41) is 3.67. The molecule has 21 heavy (non-hydrogen) atoms. The number of carbonyl (C=O) groups is 1. The van der Waals surface area contributed by atoms with Gasteiger partial charge in [-0.15, -0.1) is 6.58 Å². The van der Waals surface area contributed by atoms with E-state index in [9.17, 15) is 4.79 Å². The predicted molar refractivity (Wildman–Crippen MR) is 87.5 cm³/mol. The van der Waals surface area contributed by atoms with E-state index in [1.807, 2.05) is 31.7 Å². The Bertz CT molecular complexity index is 349. The number of likely N-dealkylation sites (tertiary alicyclic amines) is 1. The van der Waals surface area contributed by atoms with Gasteiger partial charge in [0.05, 0.1) is 0 Å². The molecule has 0 aromatic carbocycles. The average molecular weight is 296 g/mol. The van der Waals surface area contributed by atoms with Gasteiger partial charge in [0.1, 0.15) is 5.60 Å². The van der Waals surface area contributed by atoms with Crippen molar-refractivity contribution < 1.29 is 9.53 Å². The largest absolute Gasteiger partial charge is 0.444 e. The van der Waals surface area contributed by atoms with Crippen molar-refractivity contribution >= 4 is 6.09 Å². The zero-order chi connectivity index (χ0) is 16.0. The SMILES string of the molecule is C=CCCC(C)NC1CCN(C(=O)OC(C)(C)C)C(C)C1. The molecule has 1 fully saturated rings. The van der Waals surface area contributed by atoms with Crippen LogP contribution < -0.4 is 5.32 Å². The van der Waals surface area contributed by atoms with Crippen LogP contribution in [0.4, 0.5) is 4.79 Å². The third-order valence-corrected chi connectivity index (χ3v) is 3.83. The Morgan fingerprint density at radius 2 is 2.19 bits per heavy atom. The molecule has 1 rings (SSSR count). The van der Waals surface area contributed by atoms with Gasteiger partial charge in [-0.1, -0.05) is 6.08 Å². The van der Waals surface area contributed by atoms with Crippen molar-refractivity contribution in [2.75, 3.05) is 6.54 Å². The van der Waals surface area contributed by atoms with Gasteiger partial charge in [0.25, 0.3) is 0 Å². The zero-order valence-corrected chi connectivity index (χ0v) is 14.3. The van der Waals surface area contributed by atoms with Crippen molar-refractivity contribution in [3.63, 3.8) is 0 Å². The minimum Gasteiger partial charge on any atom is -0.444 e. The van der Waals surface area contributed by atoms with Crippen LogP contribution in [0.1, 0.15) is 60.3 Å². The van der Waals surface area contributed by atoms with E-state index >= 15 is 0 Å². The second kappa shape index (κ2) is 7.83. The molecule has 4 heteroatoms. The minimum atomic E-state index is -0.425. The van der Waals surface area contributed by atoms with Crippen LogP contribution in [0.15, 0.2) is 12.7 Å². The van der Waals surface area contributed by atoms with Crippen molar-refractivity contribution in [2.24, 2.45) is 0 Å². The molecule has 0 bridgehead atoms. The lowest BCUT2D eigenvalue weighted by molar-refractivity contribution is 0.00904. The van der Waals surface area contributed by atoms with Gasteiger partial charge in [0.2, 0.25) is 0 Å². The summed E-state index contributed by atoms with van der Waals surface area (Å²) < 4.78 is 5.47. The van der Waals surface area contributed by atoms with Crippen molar-refractivity contribution in [1.82, 2.24) is 10.2 Å². The highest BCUT2D eigenvalue weighted by atomic mass is 16.6. The molecule has 4 nitrogen and oxygen atoms in total. The summed E-state index contributed by atoms with van der Waals surface area (Å²) in [5.74, 6) is 0. The molecule has 1 heterocycles. The molecule has 1 aliphatic rings. The Hall–Kier alpha value is -1.03. The molecule has 0 radical (unpaired) electrons. The van der Waals surface area contributed by atoms with Crippen LogP contribution in [0.5, 0.6) is 0 Å². The molecular weight excluding hydrogens is 264 g/mol. The second-order valence-corrected chi connectivity index (χ2v) is 7.18. The number of piperidine rings is 1. The lowest BCUT2D eigenvalue weighted by Gasteiger charge is -2.39. The number of hydrogen-bond donors (Lipinski definition) is 1. The van der Waals surface area contributed by atoms with E-state index < -0.39 is 5.60 Å². The van der Waals surface area contributed by atoms with Gasteiger partial charge in [-0.3, -0.25) is 0 Å². The van der Waals surface area contributed by atoms with E-state index in [4.69, 9.17) is 4.74 Å². The van der Waals surface area contributed by atoms with Crippen LogP contribution in [0, 0.1) is 0 Å². The first-order valence-electron chi connectivity index (χ1n) is 8.09. The van der Waals surface area contributed by atoms with Crippen LogP contribution in [0.3, 0.4) is 0 Å². The number of carbonyl (C=O) groups excluding carboxylic acids is 1. The van der Waals surface area contributed by atoms with Crippen LogP contribution in [0.2, 0.25) is 0 Å². The molecular formula is C17H32N2O2. The fourth-order valence-electron chi connectivity index (χ4n) is 2.77. The third kappa shape index (κ3) is 6.51. The monoisotopic (exact) mass is 296 g/mol. The smallest absolute Gasteiger partial charge is 0.410 e. The zero-order valence-electron chi connectivity index (χ0n) is 14.3. The topological polar surface area (TPSA) is 41.6 Å². The van der Waals surface area contributed by atoms with Gasteiger partial charge in [-0.05, 0) is 60.3 Å². The lowest BCUT2D eigenvalue weighted by Crippen LogP contribution is -2.52. The first-order chi connectivity index (χ1) is 9.73. The number of nitrogens with zero attached hydrogens (tertiary/aromatic N) is 1. The second-order valence-electron chi connectivity index (χ2n) is 7.18. The van der Waals surface area contributed by atoms with Gasteiger partial charge in [-0.2, -0.15) is 0 Å². The van der Waals surface area contributed by atoms with Gasteiger partial charge in [0, 0.05) is 24.7 Å². The molecule has 3 unspecified atom stereocenters. The molecule has 122 valence electrons. The highest BCUT2D eigenvalue weighted by Gasteiger charge is 2.31. The van der Waals surface area contributed by atoms with Crippen molar-refractivity contribution in [2.45, 2.75) is 84.0 Å². The molecule has 0 saturated carbocycles. The fraction of sp³-hybridized carbons (Fsp3) is 0.824. The van der Waals surface area contributed by atoms with E-state index in [0.717, 1.165) is 32.2 Å². The maximum absolute atomic E-state index is 12.2. The van der Waals surface area contributed by atoms with Gasteiger partial charge >= 0.3 is 6.09 Å². The molecule has 3 atom stereocenters. The third-order valence-electron chi connectivity index (χ3n) is 3.83. The normalized spacial score (nSPS) is 24.5. The Morgan fingerprint density at radius 3 is 2.71 bits per heavy atom. The van der Waals surface area contributed by atoms with Crippen LogP contribution >= 0.6 is 0 Å². The first kappa shape index (κ1) is 18.0. The molecule has 0 aliphatic carbocycles. The summed E-state index contributed by atoms with van der Waals surface area (Å²) in [7, 11) is 0. The standard InChI is InChI=1S/C17H32N2O2/c1-7-8-9-13(2)18-15-10-11-19(14(3)12-15)16(20)21-17(4,5)6/h7,13-15,18H,1,8-12H2,2-6H3. The van der Waals surface area contributed by atoms with Crippen LogP contribution in [-0.4, -0.2) is 41.3 Å². The Balaban J connectivity index is 2.43. The molecule has 0 aromatic rings. The number of nitrogens with one attached hydrogen (secondary N) is 1. The lowest BCUT2D eigenvalue weighted by atomic mass is 9.97. The van der Waals surface area contributed by atoms with Gasteiger partial charge < -0.3 is 15.0 Å². The van der Waals surface area contributed by atoms with Crippen LogP contribution in [-0.2, 0) is 4.74 Å². The number of rotatable bonds is 5. The Kier molecular flexibility index (Phi) is 6.72. The fourth-order valence-corrected chi connectivity index (χ4v) is 2.77. The summed E-state index contributed by atoms with van der Waals surface area (Å²) in [6.07, 6.45) is 5.91. The van der Waals surface area contributed by atoms with E-state index in [1.165, 1.54) is 0 Å². The average Bonchev–Trinajstić information content (AvgIpc) is 2.34. The number of allylic oxidation sites excluding steroid dienone is 1. The van der Waals surface area contributed by atoms with Crippen LogP contribution in [0.25, 0.3) is 0 Å². The maximum Gasteiger partial charge on any atom is 0.410 e. The van der Waals surface area contributed by atoms with Gasteiger partial charge in [0.15, 0.2) is 0 Å². The maximum atomic E-state index is 12.2. The van der Waals surface area contributed by atoms with E-state index in [0.29, 0.717) is 12.1 Å². The molecule has 1 amide bonds. The molecule has 1 saturated heterocycles. The summed E-state index contributed by atoms with van der Waals surface area (Å²) in [6, 6.07) is 1.20. The highest BCUT2D eigenvalue weighted by Crippen LogP contribution is 2.21. The number of ether oxygens (including phenoxy) is 1. The molecule has 0 spiro atoms. The number of amides is 1. The van der Waals surface area contributed by atoms with E-state index in [1.54, 1.807) is 0 Å². The predicted octanol–water partition coefficient (Wildman–Crippen LogP) is 3.72. The van der Waals surface area contributed by atoms with Gasteiger partial charge in [-0.25, -0.2) is 4.79 Å². The quantitative estimate of drug-likeness (QED) is 0.786. The highest BCUT2D eigenvalue weighted by molar-refractivity contribution is 5.68. The summed E-state index contributed by atoms with van der Waals surface area (Å²) >= 11 is 0. The molecule has 0 aromatic heterocycles. The van der Waals surface area contributed by atoms with Crippen molar-refractivity contribution in [3.05, 3.63) is 12.7 Å².